The number of hydrogen-bond donors (Lipinski definition) is 1. The molecule has 2 unspecified atom stereocenters. The number of likely N-dealkylation sites (N-methyl/N-ethyl adjacent to an activating group) is 2. The van der Waals surface area contributed by atoms with E-state index in [4.69, 9.17) is 0 Å². The summed E-state index contributed by atoms with van der Waals surface area (Å²) in [6.07, 6.45) is 1.16. The van der Waals surface area contributed by atoms with Gasteiger partial charge in [-0.05, 0) is 39.4 Å². The maximum absolute atomic E-state index is 3.50. The first kappa shape index (κ1) is 15.2. The van der Waals surface area contributed by atoms with Crippen LogP contribution in [0.4, 0.5) is 0 Å². The van der Waals surface area contributed by atoms with Crippen LogP contribution in [0.25, 0.3) is 0 Å². The van der Waals surface area contributed by atoms with Crippen LogP contribution in [-0.2, 0) is 0 Å². The van der Waals surface area contributed by atoms with Crippen LogP contribution < -0.4 is 5.32 Å². The van der Waals surface area contributed by atoms with Gasteiger partial charge >= 0.3 is 0 Å². The highest BCUT2D eigenvalue weighted by Gasteiger charge is 2.26. The van der Waals surface area contributed by atoms with Crippen molar-refractivity contribution in [2.45, 2.75) is 52.2 Å². The Hall–Kier alpha value is -0.860. The van der Waals surface area contributed by atoms with Crippen molar-refractivity contribution < 1.29 is 0 Å². The van der Waals surface area contributed by atoms with Crippen LogP contribution in [0.5, 0.6) is 0 Å². The molecule has 0 radical (unpaired) electrons. The first-order chi connectivity index (χ1) is 8.65. The standard InChI is InChI=1S/C16H28N2/c1-6-15(18(7-2)13(3)4)16(17-5)14-11-9-8-10-12-14/h8-13,15-17H,6-7H2,1-5H3. The normalized spacial score (nSPS) is 15.1. The van der Waals surface area contributed by atoms with Gasteiger partial charge in [-0.15, -0.1) is 0 Å². The molecule has 0 heterocycles. The molecule has 0 aliphatic carbocycles. The smallest absolute Gasteiger partial charge is 0.0475 e. The predicted molar refractivity (Wildman–Crippen MR) is 79.8 cm³/mol. The van der Waals surface area contributed by atoms with E-state index in [-0.39, 0.29) is 0 Å². The summed E-state index contributed by atoms with van der Waals surface area (Å²) in [5.74, 6) is 0. The van der Waals surface area contributed by atoms with Gasteiger partial charge in [0.05, 0.1) is 0 Å². The van der Waals surface area contributed by atoms with Crippen molar-refractivity contribution in [2.24, 2.45) is 0 Å². The predicted octanol–water partition coefficient (Wildman–Crippen LogP) is 3.46. The molecular formula is C16H28N2. The van der Waals surface area contributed by atoms with Crippen molar-refractivity contribution in [1.29, 1.82) is 0 Å². The van der Waals surface area contributed by atoms with Gasteiger partial charge in [-0.1, -0.05) is 44.2 Å². The average molecular weight is 248 g/mol. The SMILES string of the molecule is CCC(C(NC)c1ccccc1)N(CC)C(C)C. The minimum atomic E-state index is 0.401. The van der Waals surface area contributed by atoms with E-state index in [9.17, 15) is 0 Å². The molecule has 0 aliphatic heterocycles. The number of benzene rings is 1. The van der Waals surface area contributed by atoms with Crippen LogP contribution in [-0.4, -0.2) is 30.6 Å². The molecule has 0 aliphatic rings. The highest BCUT2D eigenvalue weighted by molar-refractivity contribution is 5.20. The average Bonchev–Trinajstić information content (AvgIpc) is 2.39. The molecule has 2 nitrogen and oxygen atoms in total. The van der Waals surface area contributed by atoms with Crippen LogP contribution in [0.2, 0.25) is 0 Å². The maximum Gasteiger partial charge on any atom is 0.0475 e. The molecule has 0 spiro atoms. The summed E-state index contributed by atoms with van der Waals surface area (Å²) < 4.78 is 0. The Bertz CT molecular complexity index is 321. The van der Waals surface area contributed by atoms with Crippen molar-refractivity contribution in [3.63, 3.8) is 0 Å². The molecule has 2 atom stereocenters. The molecular weight excluding hydrogens is 220 g/mol. The van der Waals surface area contributed by atoms with E-state index in [0.717, 1.165) is 13.0 Å². The van der Waals surface area contributed by atoms with Crippen molar-refractivity contribution in [2.75, 3.05) is 13.6 Å². The van der Waals surface area contributed by atoms with Crippen molar-refractivity contribution in [3.05, 3.63) is 35.9 Å². The molecule has 1 aromatic carbocycles. The molecule has 0 fully saturated rings. The largest absolute Gasteiger partial charge is 0.312 e. The summed E-state index contributed by atoms with van der Waals surface area (Å²) in [5.41, 5.74) is 1.38. The van der Waals surface area contributed by atoms with Crippen LogP contribution in [0.15, 0.2) is 30.3 Å². The van der Waals surface area contributed by atoms with Crippen molar-refractivity contribution >= 4 is 0 Å². The quantitative estimate of drug-likeness (QED) is 0.795. The molecule has 1 aromatic rings. The second-order valence-electron chi connectivity index (χ2n) is 5.08. The van der Waals surface area contributed by atoms with E-state index in [0.29, 0.717) is 18.1 Å². The van der Waals surface area contributed by atoms with E-state index in [1.807, 2.05) is 0 Å². The van der Waals surface area contributed by atoms with E-state index in [1.165, 1.54) is 5.56 Å². The molecule has 0 saturated carbocycles. The van der Waals surface area contributed by atoms with Gasteiger partial charge in [0, 0.05) is 18.1 Å². The van der Waals surface area contributed by atoms with Gasteiger partial charge in [-0.25, -0.2) is 0 Å². The first-order valence-electron chi connectivity index (χ1n) is 7.13. The second-order valence-corrected chi connectivity index (χ2v) is 5.08. The monoisotopic (exact) mass is 248 g/mol. The third-order valence-corrected chi connectivity index (χ3v) is 3.73. The van der Waals surface area contributed by atoms with Crippen LogP contribution in [0.3, 0.4) is 0 Å². The Labute approximate surface area is 112 Å². The summed E-state index contributed by atoms with van der Waals surface area (Å²) in [4.78, 5) is 2.58. The van der Waals surface area contributed by atoms with Gasteiger partial charge < -0.3 is 5.32 Å². The third kappa shape index (κ3) is 3.56. The van der Waals surface area contributed by atoms with Gasteiger partial charge in [-0.3, -0.25) is 4.90 Å². The molecule has 1 rings (SSSR count). The summed E-state index contributed by atoms with van der Waals surface area (Å²) in [5, 5.41) is 3.50. The van der Waals surface area contributed by atoms with Gasteiger partial charge in [0.2, 0.25) is 0 Å². The van der Waals surface area contributed by atoms with Crippen LogP contribution in [0, 0.1) is 0 Å². The molecule has 1 N–H and O–H groups in total. The van der Waals surface area contributed by atoms with E-state index >= 15 is 0 Å². The molecule has 0 saturated heterocycles. The zero-order valence-corrected chi connectivity index (χ0v) is 12.5. The van der Waals surface area contributed by atoms with Gasteiger partial charge in [-0.2, -0.15) is 0 Å². The molecule has 2 heteroatoms. The minimum absolute atomic E-state index is 0.401. The fourth-order valence-corrected chi connectivity index (χ4v) is 2.89. The zero-order valence-electron chi connectivity index (χ0n) is 12.5. The Morgan fingerprint density at radius 3 is 2.11 bits per heavy atom. The topological polar surface area (TPSA) is 15.3 Å². The number of hydrogen-bond acceptors (Lipinski definition) is 2. The van der Waals surface area contributed by atoms with Gasteiger partial charge in [0.1, 0.15) is 0 Å². The highest BCUT2D eigenvalue weighted by atomic mass is 15.2. The first-order valence-corrected chi connectivity index (χ1v) is 7.13. The van der Waals surface area contributed by atoms with Crippen molar-refractivity contribution in [3.8, 4) is 0 Å². The zero-order chi connectivity index (χ0) is 13.5. The fourth-order valence-electron chi connectivity index (χ4n) is 2.89. The lowest BCUT2D eigenvalue weighted by Gasteiger charge is -2.38. The van der Waals surface area contributed by atoms with E-state index in [2.05, 4.69) is 75.3 Å². The number of rotatable bonds is 7. The van der Waals surface area contributed by atoms with E-state index in [1.54, 1.807) is 0 Å². The van der Waals surface area contributed by atoms with E-state index < -0.39 is 0 Å². The van der Waals surface area contributed by atoms with Crippen LogP contribution in [0.1, 0.15) is 45.7 Å². The lowest BCUT2D eigenvalue weighted by atomic mass is 9.95. The number of nitrogens with zero attached hydrogens (tertiary/aromatic N) is 1. The number of nitrogens with one attached hydrogen (secondary N) is 1. The van der Waals surface area contributed by atoms with Gasteiger partial charge in [0.15, 0.2) is 0 Å². The fraction of sp³-hybridized carbons (Fsp3) is 0.625. The summed E-state index contributed by atoms with van der Waals surface area (Å²) in [7, 11) is 2.06. The molecule has 0 aromatic heterocycles. The molecule has 0 amide bonds. The second kappa shape index (κ2) is 7.55. The molecule has 102 valence electrons. The Morgan fingerprint density at radius 2 is 1.72 bits per heavy atom. The lowest BCUT2D eigenvalue weighted by Crippen LogP contribution is -2.46. The summed E-state index contributed by atoms with van der Waals surface area (Å²) in [6, 6.07) is 12.3. The minimum Gasteiger partial charge on any atom is -0.312 e. The third-order valence-electron chi connectivity index (χ3n) is 3.73. The Balaban J connectivity index is 2.97. The summed E-state index contributed by atoms with van der Waals surface area (Å²) >= 11 is 0. The van der Waals surface area contributed by atoms with Gasteiger partial charge in [0.25, 0.3) is 0 Å². The Morgan fingerprint density at radius 1 is 1.11 bits per heavy atom. The Kier molecular flexibility index (Phi) is 6.37. The summed E-state index contributed by atoms with van der Waals surface area (Å²) in [6.45, 7) is 10.2. The maximum atomic E-state index is 3.50. The van der Waals surface area contributed by atoms with Crippen LogP contribution >= 0.6 is 0 Å². The lowest BCUT2D eigenvalue weighted by molar-refractivity contribution is 0.126. The highest BCUT2D eigenvalue weighted by Crippen LogP contribution is 2.24. The molecule has 0 bridgehead atoms. The molecule has 18 heavy (non-hydrogen) atoms. The van der Waals surface area contributed by atoms with Crippen molar-refractivity contribution in [1.82, 2.24) is 10.2 Å².